The quantitative estimate of drug-likeness (QED) is 0.872. The lowest BCUT2D eigenvalue weighted by molar-refractivity contribution is -0.0390. The van der Waals surface area contributed by atoms with Crippen molar-refractivity contribution in [1.29, 1.82) is 0 Å². The molecule has 0 bridgehead atoms. The topological polar surface area (TPSA) is 77.2 Å². The number of ether oxygens (including phenoxy) is 1. The molecule has 1 aromatic heterocycles. The van der Waals surface area contributed by atoms with Crippen molar-refractivity contribution in [3.05, 3.63) is 23.8 Å². The Kier molecular flexibility index (Phi) is 3.12. The van der Waals surface area contributed by atoms with Crippen molar-refractivity contribution in [2.45, 2.75) is 37.8 Å². The molecule has 1 aromatic rings. The highest BCUT2D eigenvalue weighted by atomic mass is 19.1. The number of nitrogens with two attached hydrogens (primary N) is 1. The van der Waals surface area contributed by atoms with Gasteiger partial charge in [0, 0.05) is 23.6 Å². The normalized spacial score (nSPS) is 26.6. The fourth-order valence-electron chi connectivity index (χ4n) is 3.25. The summed E-state index contributed by atoms with van der Waals surface area (Å²) in [5.41, 5.74) is 5.88. The number of halogens is 1. The summed E-state index contributed by atoms with van der Waals surface area (Å²) >= 11 is 0. The summed E-state index contributed by atoms with van der Waals surface area (Å²) in [5.74, 6) is -0.860. The third-order valence-corrected chi connectivity index (χ3v) is 4.78. The van der Waals surface area contributed by atoms with Crippen LogP contribution in [0.15, 0.2) is 12.3 Å². The van der Waals surface area contributed by atoms with Crippen molar-refractivity contribution in [3.8, 4) is 5.75 Å². The Bertz CT molecular complexity index is 545. The first-order valence-corrected chi connectivity index (χ1v) is 6.83. The van der Waals surface area contributed by atoms with Crippen molar-refractivity contribution in [2.24, 2.45) is 11.1 Å². The van der Waals surface area contributed by atoms with Crippen molar-refractivity contribution < 1.29 is 13.9 Å². The van der Waals surface area contributed by atoms with Crippen LogP contribution in [0.5, 0.6) is 5.75 Å². The van der Waals surface area contributed by atoms with Crippen molar-refractivity contribution in [1.82, 2.24) is 10.3 Å². The summed E-state index contributed by atoms with van der Waals surface area (Å²) in [6.45, 7) is 0. The molecule has 2 saturated carbocycles. The van der Waals surface area contributed by atoms with Crippen LogP contribution in [0.2, 0.25) is 0 Å². The third kappa shape index (κ3) is 1.86. The number of methoxy groups -OCH3 is 1. The van der Waals surface area contributed by atoms with Gasteiger partial charge in [0.25, 0.3) is 5.91 Å². The largest absolute Gasteiger partial charge is 0.495 e. The lowest BCUT2D eigenvalue weighted by Gasteiger charge is -2.60. The van der Waals surface area contributed by atoms with Crippen LogP contribution in [-0.4, -0.2) is 30.1 Å². The lowest BCUT2D eigenvalue weighted by Crippen LogP contribution is -2.69. The van der Waals surface area contributed by atoms with Gasteiger partial charge in [0.2, 0.25) is 0 Å². The SMILES string of the molecule is COc1cnc(C(=O)NC2CC(N)C23CCC3)c(F)c1. The van der Waals surface area contributed by atoms with Gasteiger partial charge in [0.1, 0.15) is 5.75 Å². The average molecular weight is 279 g/mol. The first-order chi connectivity index (χ1) is 9.56. The zero-order valence-corrected chi connectivity index (χ0v) is 11.4. The minimum atomic E-state index is -0.673. The van der Waals surface area contributed by atoms with E-state index < -0.39 is 11.7 Å². The lowest BCUT2D eigenvalue weighted by atomic mass is 9.50. The zero-order valence-electron chi connectivity index (χ0n) is 11.4. The summed E-state index contributed by atoms with van der Waals surface area (Å²) in [7, 11) is 1.42. The van der Waals surface area contributed by atoms with E-state index in [1.165, 1.54) is 13.3 Å². The fourth-order valence-corrected chi connectivity index (χ4v) is 3.25. The minimum Gasteiger partial charge on any atom is -0.495 e. The predicted octanol–water partition coefficient (Wildman–Crippen LogP) is 1.23. The van der Waals surface area contributed by atoms with E-state index in [1.807, 2.05) is 0 Å². The van der Waals surface area contributed by atoms with Gasteiger partial charge in [-0.25, -0.2) is 9.37 Å². The molecule has 108 valence electrons. The van der Waals surface area contributed by atoms with Crippen LogP contribution in [0.1, 0.15) is 36.2 Å². The van der Waals surface area contributed by atoms with E-state index in [-0.39, 0.29) is 23.2 Å². The molecule has 3 N–H and O–H groups in total. The fraction of sp³-hybridized carbons (Fsp3) is 0.571. The van der Waals surface area contributed by atoms with Crippen LogP contribution < -0.4 is 15.8 Å². The average Bonchev–Trinajstić information content (AvgIpc) is 2.35. The van der Waals surface area contributed by atoms with Gasteiger partial charge in [-0.3, -0.25) is 4.79 Å². The van der Waals surface area contributed by atoms with Crippen LogP contribution in [0.3, 0.4) is 0 Å². The van der Waals surface area contributed by atoms with E-state index in [0.29, 0.717) is 5.75 Å². The van der Waals surface area contributed by atoms with Gasteiger partial charge in [-0.2, -0.15) is 0 Å². The van der Waals surface area contributed by atoms with Crippen molar-refractivity contribution >= 4 is 5.91 Å². The van der Waals surface area contributed by atoms with Crippen LogP contribution in [-0.2, 0) is 0 Å². The summed E-state index contributed by atoms with van der Waals surface area (Å²) in [5, 5.41) is 2.87. The van der Waals surface area contributed by atoms with Gasteiger partial charge in [0.05, 0.1) is 13.3 Å². The molecule has 0 aromatic carbocycles. The van der Waals surface area contributed by atoms with E-state index in [9.17, 15) is 9.18 Å². The number of hydrogen-bond donors (Lipinski definition) is 2. The number of amides is 1. The molecule has 3 rings (SSSR count). The molecule has 2 unspecified atom stereocenters. The van der Waals surface area contributed by atoms with Crippen LogP contribution in [0, 0.1) is 11.2 Å². The molecule has 2 fully saturated rings. The number of pyridine rings is 1. The second-order valence-electron chi connectivity index (χ2n) is 5.66. The number of aromatic nitrogens is 1. The summed E-state index contributed by atoms with van der Waals surface area (Å²) < 4.78 is 18.7. The molecule has 0 radical (unpaired) electrons. The number of carbonyl (C=O) groups is 1. The summed E-state index contributed by atoms with van der Waals surface area (Å²) in [4.78, 5) is 15.9. The van der Waals surface area contributed by atoms with Gasteiger partial charge in [-0.1, -0.05) is 6.42 Å². The maximum Gasteiger partial charge on any atom is 0.273 e. The highest BCUT2D eigenvalue weighted by Crippen LogP contribution is 2.55. The number of rotatable bonds is 3. The predicted molar refractivity (Wildman–Crippen MR) is 70.9 cm³/mol. The Hall–Kier alpha value is -1.69. The van der Waals surface area contributed by atoms with E-state index in [0.717, 1.165) is 31.7 Å². The molecule has 0 saturated heterocycles. The number of nitrogens with one attached hydrogen (secondary N) is 1. The molecule has 0 aliphatic heterocycles. The molecular formula is C14H18FN3O2. The summed E-state index contributed by atoms with van der Waals surface area (Å²) in [6, 6.07) is 1.35. The van der Waals surface area contributed by atoms with Crippen LogP contribution in [0.4, 0.5) is 4.39 Å². The highest BCUT2D eigenvalue weighted by Gasteiger charge is 2.57. The van der Waals surface area contributed by atoms with Gasteiger partial charge in [-0.05, 0) is 19.3 Å². The third-order valence-electron chi connectivity index (χ3n) is 4.78. The maximum atomic E-state index is 13.8. The summed E-state index contributed by atoms with van der Waals surface area (Å²) in [6.07, 6.45) is 5.32. The van der Waals surface area contributed by atoms with E-state index in [4.69, 9.17) is 10.5 Å². The van der Waals surface area contributed by atoms with Crippen molar-refractivity contribution in [2.75, 3.05) is 7.11 Å². The maximum absolute atomic E-state index is 13.8. The molecule has 1 amide bonds. The molecule has 20 heavy (non-hydrogen) atoms. The van der Waals surface area contributed by atoms with Crippen LogP contribution >= 0.6 is 0 Å². The van der Waals surface area contributed by atoms with Gasteiger partial charge >= 0.3 is 0 Å². The molecule has 2 aliphatic rings. The molecule has 2 atom stereocenters. The first kappa shape index (κ1) is 13.3. The van der Waals surface area contributed by atoms with E-state index in [2.05, 4.69) is 10.3 Å². The molecule has 1 spiro atoms. The molecule has 1 heterocycles. The van der Waals surface area contributed by atoms with E-state index >= 15 is 0 Å². The van der Waals surface area contributed by atoms with Gasteiger partial charge in [0.15, 0.2) is 11.5 Å². The first-order valence-electron chi connectivity index (χ1n) is 6.83. The second kappa shape index (κ2) is 4.70. The Labute approximate surface area is 116 Å². The second-order valence-corrected chi connectivity index (χ2v) is 5.66. The minimum absolute atomic E-state index is 0.0403. The smallest absolute Gasteiger partial charge is 0.273 e. The highest BCUT2D eigenvalue weighted by molar-refractivity contribution is 5.93. The standard InChI is InChI=1S/C14H18FN3O2/c1-20-8-5-9(15)12(17-7-8)13(19)18-11-6-10(16)14(11)3-2-4-14/h5,7,10-11H,2-4,6,16H2,1H3,(H,18,19). The monoisotopic (exact) mass is 279 g/mol. The van der Waals surface area contributed by atoms with E-state index in [1.54, 1.807) is 0 Å². The van der Waals surface area contributed by atoms with Crippen molar-refractivity contribution in [3.63, 3.8) is 0 Å². The molecule has 6 heteroatoms. The van der Waals surface area contributed by atoms with Gasteiger partial charge in [-0.15, -0.1) is 0 Å². The number of nitrogens with zero attached hydrogens (tertiary/aromatic N) is 1. The Morgan fingerprint density at radius 2 is 2.35 bits per heavy atom. The zero-order chi connectivity index (χ0) is 14.3. The Morgan fingerprint density at radius 3 is 2.85 bits per heavy atom. The number of hydrogen-bond acceptors (Lipinski definition) is 4. The molecule has 5 nitrogen and oxygen atoms in total. The molecular weight excluding hydrogens is 261 g/mol. The molecule has 2 aliphatic carbocycles. The van der Waals surface area contributed by atoms with Crippen LogP contribution in [0.25, 0.3) is 0 Å². The van der Waals surface area contributed by atoms with Gasteiger partial charge < -0.3 is 15.8 Å². The Balaban J connectivity index is 1.71. The number of carbonyl (C=O) groups excluding carboxylic acids is 1. The Morgan fingerprint density at radius 1 is 1.60 bits per heavy atom.